The number of nitrogens with one attached hydrogen (secondary N) is 1. The van der Waals surface area contributed by atoms with Crippen LogP contribution in [-0.2, 0) is 6.54 Å². The molecule has 0 fully saturated rings. The van der Waals surface area contributed by atoms with Crippen molar-refractivity contribution < 1.29 is 0 Å². The van der Waals surface area contributed by atoms with Crippen molar-refractivity contribution in [2.75, 3.05) is 27.7 Å². The molecule has 0 aliphatic rings. The standard InChI is InChI=1S/C14H20BrN5/c1-16-13(11-5-4-6-17-9-11)14-12(15)10-18-20(14)8-7-19(2)3/h4-6,9-10,13,16H,7-8H2,1-3H3. The second-order valence-electron chi connectivity index (χ2n) is 4.91. The van der Waals surface area contributed by atoms with E-state index < -0.39 is 0 Å². The van der Waals surface area contributed by atoms with Gasteiger partial charge in [-0.1, -0.05) is 6.07 Å². The molecule has 0 saturated carbocycles. The van der Waals surface area contributed by atoms with Crippen LogP contribution < -0.4 is 5.32 Å². The van der Waals surface area contributed by atoms with Crippen molar-refractivity contribution in [3.05, 3.63) is 46.5 Å². The van der Waals surface area contributed by atoms with Crippen LogP contribution >= 0.6 is 15.9 Å². The molecule has 0 aliphatic carbocycles. The lowest BCUT2D eigenvalue weighted by molar-refractivity contribution is 0.366. The predicted molar refractivity (Wildman–Crippen MR) is 83.6 cm³/mol. The van der Waals surface area contributed by atoms with Crippen molar-refractivity contribution in [3.63, 3.8) is 0 Å². The minimum absolute atomic E-state index is 0.0720. The minimum atomic E-state index is 0.0720. The first-order chi connectivity index (χ1) is 9.63. The molecule has 2 heterocycles. The maximum atomic E-state index is 4.46. The molecule has 0 aliphatic heterocycles. The summed E-state index contributed by atoms with van der Waals surface area (Å²) >= 11 is 3.61. The van der Waals surface area contributed by atoms with E-state index in [4.69, 9.17) is 0 Å². The first-order valence-electron chi connectivity index (χ1n) is 6.56. The van der Waals surface area contributed by atoms with Crippen molar-refractivity contribution >= 4 is 15.9 Å². The quantitative estimate of drug-likeness (QED) is 0.874. The molecule has 20 heavy (non-hydrogen) atoms. The zero-order valence-electron chi connectivity index (χ0n) is 12.0. The van der Waals surface area contributed by atoms with Crippen molar-refractivity contribution in [2.24, 2.45) is 0 Å². The fourth-order valence-corrected chi connectivity index (χ4v) is 2.66. The second-order valence-corrected chi connectivity index (χ2v) is 5.77. The topological polar surface area (TPSA) is 46.0 Å². The number of hydrogen-bond donors (Lipinski definition) is 1. The number of rotatable bonds is 6. The van der Waals surface area contributed by atoms with Gasteiger partial charge >= 0.3 is 0 Å². The zero-order chi connectivity index (χ0) is 14.5. The molecule has 0 spiro atoms. The van der Waals surface area contributed by atoms with Gasteiger partial charge in [-0.2, -0.15) is 5.10 Å². The van der Waals surface area contributed by atoms with Crippen molar-refractivity contribution in [3.8, 4) is 0 Å². The molecule has 0 aromatic carbocycles. The van der Waals surface area contributed by atoms with Crippen LogP contribution in [0.4, 0.5) is 0 Å². The molecule has 0 radical (unpaired) electrons. The number of halogens is 1. The van der Waals surface area contributed by atoms with E-state index in [1.54, 1.807) is 6.20 Å². The molecule has 6 heteroatoms. The Hall–Kier alpha value is -1.24. The van der Waals surface area contributed by atoms with Crippen LogP contribution in [0.15, 0.2) is 35.2 Å². The first kappa shape index (κ1) is 15.2. The van der Waals surface area contributed by atoms with Crippen LogP contribution in [0.25, 0.3) is 0 Å². The number of aromatic nitrogens is 3. The average Bonchev–Trinajstić information content (AvgIpc) is 2.80. The van der Waals surface area contributed by atoms with E-state index in [2.05, 4.69) is 56.4 Å². The van der Waals surface area contributed by atoms with Gasteiger partial charge in [0.25, 0.3) is 0 Å². The largest absolute Gasteiger partial charge is 0.308 e. The maximum absolute atomic E-state index is 4.46. The van der Waals surface area contributed by atoms with Gasteiger partial charge in [-0.05, 0) is 48.7 Å². The molecule has 2 aromatic heterocycles. The van der Waals surface area contributed by atoms with E-state index >= 15 is 0 Å². The summed E-state index contributed by atoms with van der Waals surface area (Å²) in [4.78, 5) is 6.35. The van der Waals surface area contributed by atoms with Gasteiger partial charge in [-0.15, -0.1) is 0 Å². The van der Waals surface area contributed by atoms with Gasteiger partial charge in [-0.25, -0.2) is 0 Å². The Morgan fingerprint density at radius 2 is 2.20 bits per heavy atom. The van der Waals surface area contributed by atoms with E-state index in [0.717, 1.165) is 28.8 Å². The summed E-state index contributed by atoms with van der Waals surface area (Å²) < 4.78 is 3.05. The minimum Gasteiger partial charge on any atom is -0.308 e. The number of likely N-dealkylation sites (N-methyl/N-ethyl adjacent to an activating group) is 1. The Morgan fingerprint density at radius 3 is 2.80 bits per heavy atom. The molecule has 0 saturated heterocycles. The van der Waals surface area contributed by atoms with E-state index in [9.17, 15) is 0 Å². The maximum Gasteiger partial charge on any atom is 0.0772 e. The highest BCUT2D eigenvalue weighted by Crippen LogP contribution is 2.27. The molecule has 1 atom stereocenters. The molecule has 1 N–H and O–H groups in total. The third-order valence-corrected chi connectivity index (χ3v) is 3.78. The molecule has 108 valence electrons. The molecule has 1 unspecified atom stereocenters. The summed E-state index contributed by atoms with van der Waals surface area (Å²) in [7, 11) is 6.08. The lowest BCUT2D eigenvalue weighted by Crippen LogP contribution is -2.25. The lowest BCUT2D eigenvalue weighted by atomic mass is 10.1. The Bertz CT molecular complexity index is 538. The van der Waals surface area contributed by atoms with E-state index in [1.165, 1.54) is 0 Å². The summed E-state index contributed by atoms with van der Waals surface area (Å²) in [5.41, 5.74) is 2.25. The normalized spacial score (nSPS) is 12.8. The van der Waals surface area contributed by atoms with Crippen LogP contribution in [0.5, 0.6) is 0 Å². The summed E-state index contributed by atoms with van der Waals surface area (Å²) in [6, 6.07) is 4.10. The van der Waals surface area contributed by atoms with E-state index in [0.29, 0.717) is 0 Å². The third kappa shape index (κ3) is 3.45. The Morgan fingerprint density at radius 1 is 1.40 bits per heavy atom. The monoisotopic (exact) mass is 337 g/mol. The number of pyridine rings is 1. The molecular formula is C14H20BrN5. The van der Waals surface area contributed by atoms with Gasteiger partial charge < -0.3 is 10.2 Å². The zero-order valence-corrected chi connectivity index (χ0v) is 13.6. The Kier molecular flexibility index (Phi) is 5.28. The highest BCUT2D eigenvalue weighted by Gasteiger charge is 2.20. The summed E-state index contributed by atoms with van der Waals surface area (Å²) in [5, 5.41) is 7.81. The molecular weight excluding hydrogens is 318 g/mol. The molecule has 2 aromatic rings. The van der Waals surface area contributed by atoms with Crippen LogP contribution in [0.3, 0.4) is 0 Å². The molecule has 2 rings (SSSR count). The van der Waals surface area contributed by atoms with Crippen molar-refractivity contribution in [2.45, 2.75) is 12.6 Å². The van der Waals surface area contributed by atoms with Crippen LogP contribution in [0.1, 0.15) is 17.3 Å². The Labute approximate surface area is 128 Å². The van der Waals surface area contributed by atoms with Crippen molar-refractivity contribution in [1.29, 1.82) is 0 Å². The molecule has 0 bridgehead atoms. The average molecular weight is 338 g/mol. The highest BCUT2D eigenvalue weighted by molar-refractivity contribution is 9.10. The highest BCUT2D eigenvalue weighted by atomic mass is 79.9. The van der Waals surface area contributed by atoms with Gasteiger partial charge in [0.2, 0.25) is 0 Å². The number of nitrogens with zero attached hydrogens (tertiary/aromatic N) is 4. The van der Waals surface area contributed by atoms with Gasteiger partial charge in [0.05, 0.1) is 29.0 Å². The van der Waals surface area contributed by atoms with Crippen LogP contribution in [0.2, 0.25) is 0 Å². The van der Waals surface area contributed by atoms with Crippen molar-refractivity contribution in [1.82, 2.24) is 25.0 Å². The third-order valence-electron chi connectivity index (χ3n) is 3.17. The smallest absolute Gasteiger partial charge is 0.0772 e. The van der Waals surface area contributed by atoms with Gasteiger partial charge in [0, 0.05) is 18.9 Å². The fourth-order valence-electron chi connectivity index (χ4n) is 2.14. The molecule has 0 amide bonds. The SMILES string of the molecule is CNC(c1cccnc1)c1c(Br)cnn1CCN(C)C. The van der Waals surface area contributed by atoms with E-state index in [-0.39, 0.29) is 6.04 Å². The van der Waals surface area contributed by atoms with Crippen LogP contribution in [-0.4, -0.2) is 47.4 Å². The fraction of sp³-hybridized carbons (Fsp3) is 0.429. The summed E-state index contributed by atoms with van der Waals surface area (Å²) in [6.07, 6.45) is 5.52. The lowest BCUT2D eigenvalue weighted by Gasteiger charge is -2.20. The van der Waals surface area contributed by atoms with Gasteiger partial charge in [0.15, 0.2) is 0 Å². The molecule has 5 nitrogen and oxygen atoms in total. The first-order valence-corrected chi connectivity index (χ1v) is 7.36. The van der Waals surface area contributed by atoms with Crippen LogP contribution in [0, 0.1) is 0 Å². The predicted octanol–water partition coefficient (Wildman–Crippen LogP) is 1.91. The van der Waals surface area contributed by atoms with Gasteiger partial charge in [0.1, 0.15) is 0 Å². The Balaban J connectivity index is 2.32. The summed E-state index contributed by atoms with van der Waals surface area (Å²) in [5.74, 6) is 0. The van der Waals surface area contributed by atoms with Gasteiger partial charge in [-0.3, -0.25) is 9.67 Å². The second kappa shape index (κ2) is 6.97. The number of hydrogen-bond acceptors (Lipinski definition) is 4. The summed E-state index contributed by atoms with van der Waals surface area (Å²) in [6.45, 7) is 1.80. The van der Waals surface area contributed by atoms with E-state index in [1.807, 2.05) is 30.2 Å².